The molecule has 10 aromatic heterocycles. The van der Waals surface area contributed by atoms with Crippen LogP contribution in [0.2, 0.25) is 0 Å². The number of ether oxygens (including phenoxy) is 1. The Balaban J connectivity index is 0.000000115. The highest BCUT2D eigenvalue weighted by atomic mass is 79.9. The van der Waals surface area contributed by atoms with Crippen molar-refractivity contribution in [1.29, 1.82) is 0 Å². The van der Waals surface area contributed by atoms with Gasteiger partial charge in [0.1, 0.15) is 45.8 Å². The lowest BCUT2D eigenvalue weighted by molar-refractivity contribution is 0.0653. The number of hydrogen-bond acceptors (Lipinski definition) is 24. The van der Waals surface area contributed by atoms with Gasteiger partial charge in [0.15, 0.2) is 28.9 Å². The maximum Gasteiger partial charge on any atom is 0.261 e. The summed E-state index contributed by atoms with van der Waals surface area (Å²) in [7, 11) is 1.64. The molecule has 11 heterocycles. The second kappa shape index (κ2) is 43.7. The first-order valence-electron chi connectivity index (χ1n) is 46.9. The first-order valence-corrected chi connectivity index (χ1v) is 47.7. The standard InChI is InChI=1S/C20H17N3O3.C20H17N3O2.C19H14FN3O2.C19H15N3O3.C19H15N3O2.C17H14BrNO2/c1-26-13-4-5-16-15(9-13)12(11-23-16)6-8-21-17-10-18(24)14-3-2-7-22-19(14)20(17)25;1-12-4-5-16-15(9-12)13(11-23-16)6-8-21-17-10-18(24)14-3-2-7-22-19(14)20(17)25;20-12-3-4-15-14(8-12)11(10-23-15)5-7-21-16-9-17(24)13-2-1-6-22-18(13)19(16)25;23-12-3-4-15-14(8-12)11(10-22-15)5-7-20-16-9-17(24)13-2-1-6-21-18(13)19(16)25;23-17-10-16(19(24)18-14(17)5-3-8-21-18)20-9-7-12-11-22-15-6-2-1-4-13(12)15;1-11-6-7-12(10-15(11)18)8-9-19-16(20)13-4-2-3-5-14(13)17(19)21/h2-5,7,9-11,21,23H,6,8H2,1H3;2-5,7,9-11,21,23H,6,8H2,1H3;1-4,6,8-10,21,23H,5,7H2;1-4,6,8-10,20,22-23H,5,7H2;1-6,8,10-11,20,22H,7,9H2;2-7,10H,8-9H2,1H3. The summed E-state index contributed by atoms with van der Waals surface area (Å²) in [6.45, 7) is 7.07. The maximum absolute atomic E-state index is 13.4. The summed E-state index contributed by atoms with van der Waals surface area (Å²) >= 11 is 3.50. The Morgan fingerprint density at radius 3 is 1.04 bits per heavy atom. The number of nitrogens with one attached hydrogen (secondary N) is 10. The average molecular weight is 2010 g/mol. The van der Waals surface area contributed by atoms with E-state index in [1.165, 1.54) is 111 Å². The van der Waals surface area contributed by atoms with E-state index in [1.807, 2.05) is 98.6 Å². The number of aromatic nitrogens is 10. The molecule has 6 aliphatic rings. The number of carbonyl (C=O) groups excluding carboxylic acids is 12. The normalized spacial score (nSPS) is 13.7. The van der Waals surface area contributed by atoms with E-state index in [2.05, 4.69) is 124 Å². The molecule has 23 rings (SSSR count). The molecule has 726 valence electrons. The number of aromatic hydroxyl groups is 1. The van der Waals surface area contributed by atoms with Crippen molar-refractivity contribution in [2.75, 3.05) is 46.4 Å². The minimum atomic E-state index is -0.292. The number of methoxy groups -OCH3 is 1. The number of rotatable bonds is 24. The van der Waals surface area contributed by atoms with Gasteiger partial charge in [0.2, 0.25) is 28.9 Å². The van der Waals surface area contributed by atoms with Crippen LogP contribution < -0.4 is 31.3 Å². The Kier molecular flexibility index (Phi) is 29.3. The van der Waals surface area contributed by atoms with E-state index >= 15 is 0 Å². The predicted molar refractivity (Wildman–Crippen MR) is 552 cm³/mol. The number of ketones is 10. The Bertz CT molecular complexity index is 7920. The molecule has 0 bridgehead atoms. The highest BCUT2D eigenvalue weighted by Crippen LogP contribution is 2.32. The first-order chi connectivity index (χ1) is 70.9. The number of aryl methyl sites for hydroxylation is 2. The largest absolute Gasteiger partial charge is 0.508 e. The zero-order valence-electron chi connectivity index (χ0n) is 78.9. The number of para-hydroxylation sites is 1. The topological polar surface area (TPSA) is 441 Å². The molecule has 0 spiro atoms. The third-order valence-corrected chi connectivity index (χ3v) is 26.2. The van der Waals surface area contributed by atoms with E-state index in [9.17, 15) is 67.0 Å². The number of pyridine rings is 5. The van der Waals surface area contributed by atoms with Crippen molar-refractivity contribution in [2.24, 2.45) is 0 Å². The van der Waals surface area contributed by atoms with Gasteiger partial charge in [0, 0.05) is 191 Å². The van der Waals surface area contributed by atoms with Crippen LogP contribution in [0.3, 0.4) is 0 Å². The highest BCUT2D eigenvalue weighted by molar-refractivity contribution is 9.10. The van der Waals surface area contributed by atoms with Gasteiger partial charge >= 0.3 is 0 Å². The van der Waals surface area contributed by atoms with Crippen molar-refractivity contribution >= 4 is 140 Å². The molecule has 0 fully saturated rings. The molecule has 7 aromatic carbocycles. The number of imide groups is 1. The third kappa shape index (κ3) is 21.4. The molecule has 0 radical (unpaired) electrons. The van der Waals surface area contributed by atoms with Crippen molar-refractivity contribution in [2.45, 2.75) is 52.4 Å². The van der Waals surface area contributed by atoms with Crippen LogP contribution in [0, 0.1) is 19.7 Å². The minimum absolute atomic E-state index is 0.173. The van der Waals surface area contributed by atoms with Gasteiger partial charge in [-0.05, 0) is 243 Å². The van der Waals surface area contributed by atoms with Crippen LogP contribution in [-0.4, -0.2) is 176 Å². The molecule has 0 unspecified atom stereocenters. The number of hydrogen-bond donors (Lipinski definition) is 11. The van der Waals surface area contributed by atoms with Gasteiger partial charge in [0.25, 0.3) is 11.8 Å². The van der Waals surface area contributed by atoms with Gasteiger partial charge in [-0.25, -0.2) is 4.39 Å². The zero-order valence-corrected chi connectivity index (χ0v) is 80.5. The molecule has 11 N–H and O–H groups in total. The number of phenolic OH excluding ortho intramolecular Hbond substituents is 1. The second-order valence-electron chi connectivity index (χ2n) is 34.8. The van der Waals surface area contributed by atoms with Gasteiger partial charge in [-0.1, -0.05) is 70.0 Å². The Morgan fingerprint density at radius 2 is 0.658 bits per heavy atom. The van der Waals surface area contributed by atoms with Crippen molar-refractivity contribution in [3.8, 4) is 11.5 Å². The number of nitrogens with zero attached hydrogens (tertiary/aromatic N) is 6. The molecule has 0 saturated heterocycles. The summed E-state index contributed by atoms with van der Waals surface area (Å²) in [6.07, 6.45) is 28.0. The highest BCUT2D eigenvalue weighted by Gasteiger charge is 2.36. The van der Waals surface area contributed by atoms with Gasteiger partial charge in [-0.15, -0.1) is 0 Å². The fourth-order valence-corrected chi connectivity index (χ4v) is 18.2. The summed E-state index contributed by atoms with van der Waals surface area (Å²) in [5.74, 6) is -1.98. The second-order valence-corrected chi connectivity index (χ2v) is 35.6. The van der Waals surface area contributed by atoms with Crippen molar-refractivity contribution in [1.82, 2.24) is 81.3 Å². The molecule has 2 amide bonds. The monoisotopic (exact) mass is 2010 g/mol. The summed E-state index contributed by atoms with van der Waals surface area (Å²) in [4.78, 5) is 185. The van der Waals surface area contributed by atoms with Gasteiger partial charge in [-0.3, -0.25) is 87.4 Å². The van der Waals surface area contributed by atoms with E-state index < -0.39 is 0 Å². The number of allylic oxidation sites excluding steroid dienone is 10. The fourth-order valence-electron chi connectivity index (χ4n) is 17.8. The van der Waals surface area contributed by atoms with Crippen LogP contribution in [0.1, 0.15) is 169 Å². The van der Waals surface area contributed by atoms with Crippen LogP contribution in [0.4, 0.5) is 4.39 Å². The Hall–Kier alpha value is -18.5. The molecule has 32 heteroatoms. The summed E-state index contributed by atoms with van der Waals surface area (Å²) in [6, 6.07) is 59.3. The van der Waals surface area contributed by atoms with E-state index in [0.717, 1.165) is 89.1 Å². The number of amides is 2. The summed E-state index contributed by atoms with van der Waals surface area (Å²) in [5, 5.41) is 30.1. The smallest absolute Gasteiger partial charge is 0.261 e. The number of halogens is 2. The molecule has 5 aliphatic carbocycles. The number of carbonyl (C=O) groups is 12. The maximum atomic E-state index is 13.4. The number of H-pyrrole nitrogens is 5. The average Bonchev–Trinajstić information content (AvgIpc) is 1.55. The van der Waals surface area contributed by atoms with Crippen molar-refractivity contribution in [3.05, 3.63) is 443 Å². The van der Waals surface area contributed by atoms with Gasteiger partial charge in [0.05, 0.1) is 74.5 Å². The minimum Gasteiger partial charge on any atom is -0.508 e. The van der Waals surface area contributed by atoms with E-state index in [-0.39, 0.29) is 121 Å². The first kappa shape index (κ1) is 97.8. The molecule has 0 atom stereocenters. The van der Waals surface area contributed by atoms with Gasteiger partial charge < -0.3 is 61.3 Å². The number of benzene rings is 7. The van der Waals surface area contributed by atoms with Crippen molar-refractivity contribution < 1.29 is 71.8 Å². The Labute approximate surface area is 841 Å². The zero-order chi connectivity index (χ0) is 102. The number of fused-ring (bicyclic) bond motifs is 11. The van der Waals surface area contributed by atoms with Crippen LogP contribution in [-0.2, 0) is 38.5 Å². The van der Waals surface area contributed by atoms with Gasteiger partial charge in [-0.2, -0.15) is 0 Å². The van der Waals surface area contributed by atoms with Crippen LogP contribution >= 0.6 is 15.9 Å². The van der Waals surface area contributed by atoms with Crippen LogP contribution in [0.15, 0.2) is 325 Å². The molecule has 0 saturated carbocycles. The number of Topliss-reactive ketones (excluding diaryl/α,β-unsaturated/α-hetero) is 5. The van der Waals surface area contributed by atoms with Crippen molar-refractivity contribution in [3.63, 3.8) is 0 Å². The molecule has 17 aromatic rings. The Morgan fingerprint density at radius 1 is 0.336 bits per heavy atom. The lowest BCUT2D eigenvalue weighted by atomic mass is 9.97. The fraction of sp³-hybridized carbons (Fsp3) is 0.132. The molecular formula is C114H92BrFN16O14. The van der Waals surface area contributed by atoms with E-state index in [1.54, 1.807) is 110 Å². The lowest BCUT2D eigenvalue weighted by Crippen LogP contribution is -2.31. The summed E-state index contributed by atoms with van der Waals surface area (Å²) in [5.41, 5.74) is 19.1. The predicted octanol–water partition coefficient (Wildman–Crippen LogP) is 17.0. The molecule has 1 aliphatic heterocycles. The van der Waals surface area contributed by atoms with E-state index in [0.29, 0.717) is 121 Å². The number of aromatic amines is 5. The molecule has 146 heavy (non-hydrogen) atoms. The lowest BCUT2D eigenvalue weighted by Gasteiger charge is -2.15. The molecular weight excluding hydrogens is 1920 g/mol. The quantitative estimate of drug-likeness (QED) is 0.0250. The van der Waals surface area contributed by atoms with Crippen LogP contribution in [0.25, 0.3) is 54.5 Å². The SMILES string of the molecule is COc1ccc2[nH]cc(CCNC3=CC(=O)c4cccnc4C3=O)c2c1.Cc1ccc(CCN2C(=O)c3ccccc3C2=O)cc1Br.Cc1ccc2[nH]cc(CCNC3=CC(=O)c4cccnc4C3=O)c2c1.O=C1C=C(NCCc2c[nH]c3ccc(F)cc23)C(=O)c2ncccc21.O=C1C=C(NCCc2c[nH]c3ccc(O)cc23)C(=O)c2ncccc21.O=C1C=C(NCCc2c[nH]c3ccccc23)C(=O)c2ncccc21. The van der Waals surface area contributed by atoms with E-state index in [4.69, 9.17) is 4.74 Å². The summed E-state index contributed by atoms with van der Waals surface area (Å²) < 4.78 is 19.7. The number of phenols is 1. The molecule has 30 nitrogen and oxygen atoms in total. The van der Waals surface area contributed by atoms with Crippen LogP contribution in [0.5, 0.6) is 11.5 Å². The third-order valence-electron chi connectivity index (χ3n) is 25.4.